The predicted molar refractivity (Wildman–Crippen MR) is 116 cm³/mol. The Balaban J connectivity index is 2.11. The van der Waals surface area contributed by atoms with E-state index in [0.717, 1.165) is 0 Å². The topological polar surface area (TPSA) is 0 Å². The molecule has 0 saturated carbocycles. The highest BCUT2D eigenvalue weighted by atomic mass is 29.6. The summed E-state index contributed by atoms with van der Waals surface area (Å²) in [7, 11) is -3.62. The van der Waals surface area contributed by atoms with Gasteiger partial charge in [0.1, 0.15) is 0 Å². The summed E-state index contributed by atoms with van der Waals surface area (Å²) in [5.41, 5.74) is 0. The Morgan fingerprint density at radius 3 is 1.25 bits per heavy atom. The number of hydrogen-bond acceptors (Lipinski definition) is 0. The highest BCUT2D eigenvalue weighted by Gasteiger charge is 2.43. The lowest BCUT2D eigenvalue weighted by molar-refractivity contribution is 1.73. The molecule has 0 spiro atoms. The van der Waals surface area contributed by atoms with E-state index in [-0.39, 0.29) is 0 Å². The van der Waals surface area contributed by atoms with Crippen LogP contribution in [0.25, 0.3) is 0 Å². The minimum atomic E-state index is -1.54. The smallest absolute Gasteiger partial charge is 0.0698 e. The molecule has 0 N–H and O–H groups in total. The summed E-state index contributed by atoms with van der Waals surface area (Å²) in [5, 5.41) is 4.92. The van der Waals surface area contributed by atoms with Crippen LogP contribution in [0.4, 0.5) is 0 Å². The van der Waals surface area contributed by atoms with Crippen LogP contribution in [0, 0.1) is 0 Å². The Morgan fingerprint density at radius 2 is 0.875 bits per heavy atom. The van der Waals surface area contributed by atoms with Gasteiger partial charge in [-0.3, -0.25) is 0 Å². The highest BCUT2D eigenvalue weighted by Crippen LogP contribution is 2.14. The van der Waals surface area contributed by atoms with Crippen LogP contribution >= 0.6 is 0 Å². The molecule has 0 amide bonds. The van der Waals surface area contributed by atoms with Gasteiger partial charge in [-0.05, 0) is 0 Å². The molecule has 3 aromatic rings. The minimum absolute atomic E-state index is 1.04. The van der Waals surface area contributed by atoms with E-state index in [1.165, 1.54) is 0 Å². The normalized spacial score (nSPS) is 16.1. The fourth-order valence-electron chi connectivity index (χ4n) is 3.85. The van der Waals surface area contributed by atoms with Crippen molar-refractivity contribution in [2.45, 2.75) is 19.6 Å². The van der Waals surface area contributed by atoms with Crippen LogP contribution in [0.15, 0.2) is 91.0 Å². The molecule has 0 radical (unpaired) electrons. The Hall–Kier alpha value is -1.69. The molecule has 2 atom stereocenters. The fraction of sp³-hybridized carbons (Fsp3) is 0.143. The molecule has 0 heterocycles. The van der Waals surface area contributed by atoms with Crippen molar-refractivity contribution in [3.8, 4) is 0 Å². The minimum Gasteiger partial charge on any atom is -0.0698 e. The lowest BCUT2D eigenvalue weighted by Crippen LogP contribution is -2.73. The van der Waals surface area contributed by atoms with E-state index in [1.54, 1.807) is 15.6 Å². The van der Waals surface area contributed by atoms with Crippen LogP contribution < -0.4 is 15.6 Å². The number of hydrogen-bond donors (Lipinski definition) is 0. The van der Waals surface area contributed by atoms with E-state index in [2.05, 4.69) is 111 Å². The van der Waals surface area contributed by atoms with Gasteiger partial charge >= 0.3 is 0 Å². The fourth-order valence-corrected chi connectivity index (χ4v) is 31.4. The SMILES string of the molecule is C[SiH](c1ccccc1)[Si](C)(c1ccccc1)[SiH](C)c1ccccc1. The van der Waals surface area contributed by atoms with Crippen molar-refractivity contribution in [3.63, 3.8) is 0 Å². The molecule has 3 rings (SSSR count). The van der Waals surface area contributed by atoms with Crippen LogP contribution in [0.3, 0.4) is 0 Å². The van der Waals surface area contributed by atoms with Crippen molar-refractivity contribution < 1.29 is 0 Å². The molecular weight excluding hydrogens is 336 g/mol. The predicted octanol–water partition coefficient (Wildman–Crippen LogP) is 2.66. The third kappa shape index (κ3) is 3.25. The van der Waals surface area contributed by atoms with Crippen LogP contribution in [-0.4, -0.2) is 23.7 Å². The second-order valence-corrected chi connectivity index (χ2v) is 28.7. The third-order valence-electron chi connectivity index (χ3n) is 5.79. The van der Waals surface area contributed by atoms with Gasteiger partial charge in [-0.25, -0.2) is 0 Å². The van der Waals surface area contributed by atoms with E-state index >= 15 is 0 Å². The van der Waals surface area contributed by atoms with Crippen molar-refractivity contribution >= 4 is 39.3 Å². The molecule has 2 unspecified atom stereocenters. The van der Waals surface area contributed by atoms with E-state index in [9.17, 15) is 0 Å². The lowest BCUT2D eigenvalue weighted by Gasteiger charge is -2.39. The summed E-state index contributed by atoms with van der Waals surface area (Å²) in [6, 6.07) is 34.1. The summed E-state index contributed by atoms with van der Waals surface area (Å²) >= 11 is 0. The maximum Gasteiger partial charge on any atom is 0.0747 e. The first-order valence-electron chi connectivity index (χ1n) is 8.79. The van der Waals surface area contributed by atoms with E-state index in [4.69, 9.17) is 0 Å². The molecule has 0 aromatic heterocycles. The first-order valence-corrected chi connectivity index (χ1v) is 18.4. The maximum absolute atomic E-state index is 2.68. The van der Waals surface area contributed by atoms with Crippen LogP contribution in [-0.2, 0) is 0 Å². The lowest BCUT2D eigenvalue weighted by atomic mass is 10.4. The van der Waals surface area contributed by atoms with Crippen molar-refractivity contribution in [1.29, 1.82) is 0 Å². The maximum atomic E-state index is 2.68. The van der Waals surface area contributed by atoms with Gasteiger partial charge in [-0.1, -0.05) is 126 Å². The van der Waals surface area contributed by atoms with Gasteiger partial charge in [-0.15, -0.1) is 0 Å². The van der Waals surface area contributed by atoms with Gasteiger partial charge in [0.05, 0.1) is 23.7 Å². The monoisotopic (exact) mass is 362 g/mol. The molecular formula is C21H26Si3. The molecule has 0 aliphatic rings. The Labute approximate surface area is 150 Å². The zero-order valence-corrected chi connectivity index (χ0v) is 18.1. The second-order valence-electron chi connectivity index (χ2n) is 6.91. The first-order chi connectivity index (χ1) is 11.6. The van der Waals surface area contributed by atoms with Gasteiger partial charge in [0, 0.05) is 0 Å². The molecule has 0 nitrogen and oxygen atoms in total. The standard InChI is InChI=1S/C21H26Si3/c1-22(19-13-7-4-8-14-19)24(3,21-17-11-6-12-18-21)23(2)20-15-9-5-10-16-20/h4-18,22-23H,1-3H3. The van der Waals surface area contributed by atoms with Gasteiger partial charge in [0.15, 0.2) is 0 Å². The van der Waals surface area contributed by atoms with E-state index in [0.29, 0.717) is 0 Å². The molecule has 3 heteroatoms. The number of benzene rings is 3. The summed E-state index contributed by atoms with van der Waals surface area (Å²) in [5.74, 6) is 0. The Bertz CT molecular complexity index is 711. The first kappa shape index (κ1) is 17.1. The van der Waals surface area contributed by atoms with E-state index < -0.39 is 23.7 Å². The van der Waals surface area contributed by atoms with Crippen molar-refractivity contribution in [2.24, 2.45) is 0 Å². The molecule has 0 bridgehead atoms. The number of rotatable bonds is 5. The van der Waals surface area contributed by atoms with Gasteiger partial charge < -0.3 is 0 Å². The van der Waals surface area contributed by atoms with Gasteiger partial charge in [0.2, 0.25) is 0 Å². The van der Waals surface area contributed by atoms with Gasteiger partial charge in [0.25, 0.3) is 0 Å². The average molecular weight is 363 g/mol. The highest BCUT2D eigenvalue weighted by molar-refractivity contribution is 7.68. The average Bonchev–Trinajstić information content (AvgIpc) is 2.68. The van der Waals surface area contributed by atoms with E-state index in [1.807, 2.05) is 0 Å². The largest absolute Gasteiger partial charge is 0.0747 e. The summed E-state index contributed by atoms with van der Waals surface area (Å²) in [6.07, 6.45) is 0. The summed E-state index contributed by atoms with van der Waals surface area (Å²) < 4.78 is 0. The summed E-state index contributed by atoms with van der Waals surface area (Å²) in [6.45, 7) is 7.87. The van der Waals surface area contributed by atoms with Crippen LogP contribution in [0.5, 0.6) is 0 Å². The quantitative estimate of drug-likeness (QED) is 0.612. The third-order valence-corrected chi connectivity index (χ3v) is 37.5. The Kier molecular flexibility index (Phi) is 5.33. The molecule has 122 valence electrons. The zero-order chi connectivity index (χ0) is 17.0. The van der Waals surface area contributed by atoms with Crippen molar-refractivity contribution in [1.82, 2.24) is 0 Å². The second kappa shape index (κ2) is 7.47. The van der Waals surface area contributed by atoms with Crippen LogP contribution in [0.2, 0.25) is 19.6 Å². The molecule has 0 fully saturated rings. The van der Waals surface area contributed by atoms with Gasteiger partial charge in [-0.2, -0.15) is 0 Å². The van der Waals surface area contributed by atoms with Crippen molar-refractivity contribution in [2.75, 3.05) is 0 Å². The summed E-state index contributed by atoms with van der Waals surface area (Å²) in [4.78, 5) is 0. The zero-order valence-electron chi connectivity index (χ0n) is 14.8. The molecule has 3 aromatic carbocycles. The van der Waals surface area contributed by atoms with Crippen LogP contribution in [0.1, 0.15) is 0 Å². The molecule has 24 heavy (non-hydrogen) atoms. The Morgan fingerprint density at radius 1 is 0.542 bits per heavy atom. The molecule has 0 aliphatic carbocycles. The van der Waals surface area contributed by atoms with Crippen molar-refractivity contribution in [3.05, 3.63) is 91.0 Å². The molecule has 0 saturated heterocycles. The molecule has 0 aliphatic heterocycles.